The van der Waals surface area contributed by atoms with Crippen molar-refractivity contribution in [3.8, 4) is 11.5 Å². The van der Waals surface area contributed by atoms with Crippen LogP contribution < -0.4 is 14.8 Å². The largest absolute Gasteiger partial charge is 0.486 e. The summed E-state index contributed by atoms with van der Waals surface area (Å²) in [5.74, 6) is 1.32. The fraction of sp³-hybridized carbons (Fsp3) is 0.286. The topological polar surface area (TPSA) is 78.3 Å². The van der Waals surface area contributed by atoms with Crippen LogP contribution >= 0.6 is 0 Å². The van der Waals surface area contributed by atoms with Gasteiger partial charge < -0.3 is 14.8 Å². The highest BCUT2D eigenvalue weighted by Gasteiger charge is 2.25. The van der Waals surface area contributed by atoms with Crippen molar-refractivity contribution in [3.05, 3.63) is 71.8 Å². The SMILES string of the molecule is CC(C)(NC(=O)c1ccc(Cn2cncn2)cc1)c1ccc2c(c1)OCCO2. The average molecular weight is 378 g/mol. The molecule has 0 aliphatic carbocycles. The van der Waals surface area contributed by atoms with Crippen LogP contribution in [0.15, 0.2) is 55.1 Å². The van der Waals surface area contributed by atoms with E-state index in [0.717, 1.165) is 16.9 Å². The second-order valence-electron chi connectivity index (χ2n) is 7.23. The van der Waals surface area contributed by atoms with Gasteiger partial charge in [-0.05, 0) is 49.2 Å². The van der Waals surface area contributed by atoms with E-state index in [1.165, 1.54) is 6.33 Å². The van der Waals surface area contributed by atoms with Crippen molar-refractivity contribution in [2.24, 2.45) is 0 Å². The fourth-order valence-corrected chi connectivity index (χ4v) is 3.12. The molecule has 0 saturated heterocycles. The molecule has 0 unspecified atom stereocenters. The van der Waals surface area contributed by atoms with E-state index in [1.807, 2.05) is 56.3 Å². The van der Waals surface area contributed by atoms with Crippen LogP contribution in [0.4, 0.5) is 0 Å². The number of ether oxygens (including phenoxy) is 2. The van der Waals surface area contributed by atoms with Gasteiger partial charge in [0.2, 0.25) is 0 Å². The molecule has 1 amide bonds. The summed E-state index contributed by atoms with van der Waals surface area (Å²) in [5, 5.41) is 7.19. The summed E-state index contributed by atoms with van der Waals surface area (Å²) in [7, 11) is 0. The highest BCUT2D eigenvalue weighted by atomic mass is 16.6. The third kappa shape index (κ3) is 3.83. The fourth-order valence-electron chi connectivity index (χ4n) is 3.12. The first-order chi connectivity index (χ1) is 13.5. The van der Waals surface area contributed by atoms with Crippen LogP contribution in [0.3, 0.4) is 0 Å². The number of amides is 1. The molecule has 0 bridgehead atoms. The second-order valence-corrected chi connectivity index (χ2v) is 7.23. The molecule has 2 aromatic carbocycles. The molecule has 1 aliphatic rings. The second kappa shape index (κ2) is 7.34. The van der Waals surface area contributed by atoms with Gasteiger partial charge in [0.15, 0.2) is 11.5 Å². The molecule has 0 spiro atoms. The molecule has 2 heterocycles. The first-order valence-corrected chi connectivity index (χ1v) is 9.15. The first-order valence-electron chi connectivity index (χ1n) is 9.15. The molecule has 1 aliphatic heterocycles. The molecule has 1 aromatic heterocycles. The standard InChI is InChI=1S/C21H22N4O3/c1-21(2,17-7-8-18-19(11-17)28-10-9-27-18)24-20(26)16-5-3-15(4-6-16)12-25-14-22-13-23-25/h3-8,11,13-14H,9-10,12H2,1-2H3,(H,24,26). The first kappa shape index (κ1) is 18.0. The van der Waals surface area contributed by atoms with Crippen molar-refractivity contribution in [2.45, 2.75) is 25.9 Å². The van der Waals surface area contributed by atoms with E-state index < -0.39 is 5.54 Å². The highest BCUT2D eigenvalue weighted by Crippen LogP contribution is 2.34. The lowest BCUT2D eigenvalue weighted by Gasteiger charge is -2.28. The van der Waals surface area contributed by atoms with E-state index in [9.17, 15) is 4.79 Å². The van der Waals surface area contributed by atoms with E-state index in [2.05, 4.69) is 15.4 Å². The van der Waals surface area contributed by atoms with Crippen molar-refractivity contribution < 1.29 is 14.3 Å². The molecule has 4 rings (SSSR count). The Bertz CT molecular complexity index is 966. The van der Waals surface area contributed by atoms with Gasteiger partial charge in [0, 0.05) is 5.56 Å². The minimum atomic E-state index is -0.563. The number of nitrogens with one attached hydrogen (secondary N) is 1. The zero-order chi connectivity index (χ0) is 19.6. The number of nitrogens with zero attached hydrogens (tertiary/aromatic N) is 3. The van der Waals surface area contributed by atoms with Crippen molar-refractivity contribution in [1.82, 2.24) is 20.1 Å². The number of carbonyl (C=O) groups excluding carboxylic acids is 1. The number of hydrogen-bond acceptors (Lipinski definition) is 5. The Hall–Kier alpha value is -3.35. The van der Waals surface area contributed by atoms with Gasteiger partial charge >= 0.3 is 0 Å². The van der Waals surface area contributed by atoms with Gasteiger partial charge in [-0.3, -0.25) is 4.79 Å². The lowest BCUT2D eigenvalue weighted by Crippen LogP contribution is -2.41. The molecule has 0 fully saturated rings. The van der Waals surface area contributed by atoms with Crippen LogP contribution in [0.5, 0.6) is 11.5 Å². The van der Waals surface area contributed by atoms with Crippen LogP contribution in [-0.2, 0) is 12.1 Å². The summed E-state index contributed by atoms with van der Waals surface area (Å²) in [6.07, 6.45) is 3.16. The molecule has 3 aromatic rings. The summed E-state index contributed by atoms with van der Waals surface area (Å²) in [4.78, 5) is 16.7. The van der Waals surface area contributed by atoms with E-state index in [1.54, 1.807) is 11.0 Å². The van der Waals surface area contributed by atoms with Crippen LogP contribution in [0.25, 0.3) is 0 Å². The summed E-state index contributed by atoms with van der Waals surface area (Å²) in [6, 6.07) is 13.3. The highest BCUT2D eigenvalue weighted by molar-refractivity contribution is 5.94. The van der Waals surface area contributed by atoms with Crippen LogP contribution in [0, 0.1) is 0 Å². The Kier molecular flexibility index (Phi) is 4.73. The Labute approximate surface area is 163 Å². The van der Waals surface area contributed by atoms with Crippen LogP contribution in [0.2, 0.25) is 0 Å². The monoisotopic (exact) mass is 378 g/mol. The lowest BCUT2D eigenvalue weighted by molar-refractivity contribution is 0.0911. The Morgan fingerprint density at radius 2 is 1.86 bits per heavy atom. The van der Waals surface area contributed by atoms with Gasteiger partial charge in [-0.15, -0.1) is 0 Å². The van der Waals surface area contributed by atoms with Gasteiger partial charge in [-0.25, -0.2) is 9.67 Å². The van der Waals surface area contributed by atoms with Gasteiger partial charge in [-0.1, -0.05) is 18.2 Å². The minimum absolute atomic E-state index is 0.132. The molecule has 28 heavy (non-hydrogen) atoms. The molecule has 1 N–H and O–H groups in total. The van der Waals surface area contributed by atoms with Crippen molar-refractivity contribution in [2.75, 3.05) is 13.2 Å². The third-order valence-electron chi connectivity index (χ3n) is 4.72. The maximum atomic E-state index is 12.8. The Balaban J connectivity index is 1.46. The maximum absolute atomic E-state index is 12.8. The van der Waals surface area contributed by atoms with Crippen molar-refractivity contribution >= 4 is 5.91 Å². The maximum Gasteiger partial charge on any atom is 0.251 e. The molecule has 7 heteroatoms. The molecule has 0 atom stereocenters. The summed E-state index contributed by atoms with van der Waals surface area (Å²) in [6.45, 7) is 5.64. The normalized spacial score (nSPS) is 13.2. The molecule has 0 radical (unpaired) electrons. The summed E-state index contributed by atoms with van der Waals surface area (Å²) < 4.78 is 13.0. The van der Waals surface area contributed by atoms with Crippen molar-refractivity contribution in [1.29, 1.82) is 0 Å². The number of carbonyl (C=O) groups is 1. The smallest absolute Gasteiger partial charge is 0.251 e. The molecular formula is C21H22N4O3. The molecule has 7 nitrogen and oxygen atoms in total. The third-order valence-corrected chi connectivity index (χ3v) is 4.72. The Morgan fingerprint density at radius 3 is 2.57 bits per heavy atom. The zero-order valence-corrected chi connectivity index (χ0v) is 15.9. The van der Waals surface area contributed by atoms with Crippen LogP contribution in [-0.4, -0.2) is 33.9 Å². The lowest BCUT2D eigenvalue weighted by atomic mass is 9.93. The number of benzene rings is 2. The van der Waals surface area contributed by atoms with E-state index in [-0.39, 0.29) is 5.91 Å². The minimum Gasteiger partial charge on any atom is -0.486 e. The van der Waals surface area contributed by atoms with E-state index >= 15 is 0 Å². The Morgan fingerprint density at radius 1 is 1.11 bits per heavy atom. The van der Waals surface area contributed by atoms with Crippen LogP contribution in [0.1, 0.15) is 35.3 Å². The van der Waals surface area contributed by atoms with E-state index in [4.69, 9.17) is 9.47 Å². The predicted octanol–water partition coefficient (Wildman–Crippen LogP) is 2.76. The van der Waals surface area contributed by atoms with E-state index in [0.29, 0.717) is 31.1 Å². The number of rotatable bonds is 5. The molecule has 144 valence electrons. The summed E-state index contributed by atoms with van der Waals surface area (Å²) >= 11 is 0. The average Bonchev–Trinajstić information content (AvgIpc) is 3.21. The van der Waals surface area contributed by atoms with Gasteiger partial charge in [0.05, 0.1) is 12.1 Å². The van der Waals surface area contributed by atoms with Gasteiger partial charge in [0.1, 0.15) is 25.9 Å². The summed E-state index contributed by atoms with van der Waals surface area (Å²) in [5.41, 5.74) is 2.04. The number of fused-ring (bicyclic) bond motifs is 1. The quantitative estimate of drug-likeness (QED) is 0.739. The number of aromatic nitrogens is 3. The van der Waals surface area contributed by atoms with Crippen molar-refractivity contribution in [3.63, 3.8) is 0 Å². The van der Waals surface area contributed by atoms with Gasteiger partial charge in [-0.2, -0.15) is 5.10 Å². The van der Waals surface area contributed by atoms with Gasteiger partial charge in [0.25, 0.3) is 5.91 Å². The zero-order valence-electron chi connectivity index (χ0n) is 15.9. The molecular weight excluding hydrogens is 356 g/mol. The molecule has 0 saturated carbocycles. The number of hydrogen-bond donors (Lipinski definition) is 1. The predicted molar refractivity (Wildman–Crippen MR) is 103 cm³/mol.